The molecule has 0 spiro atoms. The molecule has 0 saturated carbocycles. The molecule has 39 heavy (non-hydrogen) atoms. The lowest BCUT2D eigenvalue weighted by Crippen LogP contribution is -2.42. The van der Waals surface area contributed by atoms with E-state index in [2.05, 4.69) is 15.3 Å². The molecule has 2 aromatic heterocycles. The monoisotopic (exact) mass is 541 g/mol. The maximum Gasteiger partial charge on any atom is 0.270 e. The van der Waals surface area contributed by atoms with Crippen LogP contribution < -0.4 is 5.32 Å². The number of rotatable bonds is 18. The van der Waals surface area contributed by atoms with Gasteiger partial charge in [0.1, 0.15) is 23.0 Å². The Hall–Kier alpha value is -3.30. The highest BCUT2D eigenvalue weighted by atomic mass is 16.5. The minimum Gasteiger partial charge on any atom is -0.379 e. The smallest absolute Gasteiger partial charge is 0.270 e. The van der Waals surface area contributed by atoms with Gasteiger partial charge in [-0.15, -0.1) is 0 Å². The van der Waals surface area contributed by atoms with Gasteiger partial charge < -0.3 is 14.8 Å². The van der Waals surface area contributed by atoms with E-state index in [0.29, 0.717) is 25.0 Å². The number of Topliss-reactive ketones (excluding diaryl/α,β-unsaturated/α-hetero) is 3. The molecule has 0 aromatic carbocycles. The third-order valence-electron chi connectivity index (χ3n) is 6.46. The number of hydrogen-bond donors (Lipinski definition) is 1. The van der Waals surface area contributed by atoms with Crippen molar-refractivity contribution < 1.29 is 30.1 Å². The van der Waals surface area contributed by atoms with Crippen molar-refractivity contribution in [3.05, 3.63) is 48.0 Å². The summed E-state index contributed by atoms with van der Waals surface area (Å²) in [5.74, 6) is -0.226. The Bertz CT molecular complexity index is 1090. The van der Waals surface area contributed by atoms with E-state index in [-0.39, 0.29) is 62.7 Å². The van der Waals surface area contributed by atoms with E-state index < -0.39 is 11.9 Å². The lowest BCUT2D eigenvalue weighted by atomic mass is 10.0. The van der Waals surface area contributed by atoms with Gasteiger partial charge in [0, 0.05) is 56.0 Å². The van der Waals surface area contributed by atoms with E-state index in [1.165, 1.54) is 0 Å². The fourth-order valence-electron chi connectivity index (χ4n) is 3.56. The summed E-state index contributed by atoms with van der Waals surface area (Å²) in [4.78, 5) is 57.1. The van der Waals surface area contributed by atoms with Gasteiger partial charge in [0.25, 0.3) is 5.91 Å². The molecule has 0 bridgehead atoms. The minimum atomic E-state index is -0.486. The summed E-state index contributed by atoms with van der Waals surface area (Å²) in [5, 5.41) is 2.88. The van der Waals surface area contributed by atoms with Crippen molar-refractivity contribution in [2.24, 2.45) is 11.8 Å². The van der Waals surface area contributed by atoms with Crippen molar-refractivity contribution in [3.8, 4) is 11.1 Å². The van der Waals surface area contributed by atoms with Gasteiger partial charge in [-0.2, -0.15) is 0 Å². The Kier molecular flexibility index (Phi) is 13.6. The molecule has 2 atom stereocenters. The van der Waals surface area contributed by atoms with Crippen LogP contribution in [0.15, 0.2) is 36.7 Å². The van der Waals surface area contributed by atoms with Crippen molar-refractivity contribution in [2.45, 2.75) is 66.3 Å². The lowest BCUT2D eigenvalue weighted by molar-refractivity contribution is -0.123. The second-order valence-electron chi connectivity index (χ2n) is 9.86. The summed E-state index contributed by atoms with van der Waals surface area (Å²) >= 11 is 0. The molecule has 9 heteroatoms. The van der Waals surface area contributed by atoms with Crippen molar-refractivity contribution in [3.63, 3.8) is 0 Å². The summed E-state index contributed by atoms with van der Waals surface area (Å²) < 4.78 is 11.4. The molecular formula is C30H43N3O6. The first-order valence-electron chi connectivity index (χ1n) is 13.6. The third kappa shape index (κ3) is 10.8. The maximum atomic E-state index is 12.9. The highest BCUT2D eigenvalue weighted by molar-refractivity contribution is 5.94. The van der Waals surface area contributed by atoms with E-state index >= 15 is 0 Å². The Balaban J connectivity index is 0.00000800. The number of ether oxygens (including phenoxy) is 2. The molecule has 0 saturated heterocycles. The van der Waals surface area contributed by atoms with Crippen LogP contribution in [0.1, 0.15) is 82.7 Å². The summed E-state index contributed by atoms with van der Waals surface area (Å²) in [6.07, 6.45) is 4.97. The summed E-state index contributed by atoms with van der Waals surface area (Å²) in [5.41, 5.74) is 2.18. The van der Waals surface area contributed by atoms with Crippen LogP contribution in [-0.4, -0.2) is 65.7 Å². The van der Waals surface area contributed by atoms with Crippen LogP contribution in [0, 0.1) is 11.8 Å². The Morgan fingerprint density at radius 1 is 0.821 bits per heavy atom. The summed E-state index contributed by atoms with van der Waals surface area (Å²) in [7, 11) is 0. The molecule has 2 aromatic rings. The van der Waals surface area contributed by atoms with Crippen LogP contribution in [0.25, 0.3) is 11.1 Å². The van der Waals surface area contributed by atoms with Crippen LogP contribution in [0.5, 0.6) is 0 Å². The Morgan fingerprint density at radius 3 is 1.82 bits per heavy atom. The minimum absolute atomic E-state index is 0. The largest absolute Gasteiger partial charge is 0.379 e. The van der Waals surface area contributed by atoms with Gasteiger partial charge >= 0.3 is 0 Å². The summed E-state index contributed by atoms with van der Waals surface area (Å²) in [6, 6.07) is 6.37. The van der Waals surface area contributed by atoms with Crippen molar-refractivity contribution in [1.82, 2.24) is 15.3 Å². The molecule has 1 amide bonds. The fraction of sp³-hybridized carbons (Fsp3) is 0.533. The molecule has 0 aliphatic rings. The number of nitrogens with zero attached hydrogens (tertiary/aromatic N) is 2. The average molecular weight is 542 g/mol. The summed E-state index contributed by atoms with van der Waals surface area (Å²) in [6.45, 7) is 10.2. The van der Waals surface area contributed by atoms with Crippen LogP contribution in [0.3, 0.4) is 0 Å². The average Bonchev–Trinajstić information content (AvgIpc) is 2.96. The first-order chi connectivity index (χ1) is 18.7. The number of ketones is 3. The van der Waals surface area contributed by atoms with E-state index in [1.54, 1.807) is 43.6 Å². The van der Waals surface area contributed by atoms with Crippen LogP contribution in [-0.2, 0) is 19.1 Å². The molecule has 0 fully saturated rings. The number of hydrogen-bond acceptors (Lipinski definition) is 8. The first kappa shape index (κ1) is 31.9. The number of carbonyl (C=O) groups excluding carboxylic acids is 4. The molecule has 0 aliphatic heterocycles. The van der Waals surface area contributed by atoms with Gasteiger partial charge in [-0.05, 0) is 18.6 Å². The Labute approximate surface area is 232 Å². The van der Waals surface area contributed by atoms with Crippen molar-refractivity contribution >= 4 is 23.3 Å². The fourth-order valence-corrected chi connectivity index (χ4v) is 3.56. The van der Waals surface area contributed by atoms with Gasteiger partial charge in [0.15, 0.2) is 5.78 Å². The molecule has 0 radical (unpaired) electrons. The van der Waals surface area contributed by atoms with Gasteiger partial charge in [-0.25, -0.2) is 0 Å². The predicted octanol–water partition coefficient (Wildman–Crippen LogP) is 4.73. The van der Waals surface area contributed by atoms with E-state index in [9.17, 15) is 19.2 Å². The molecule has 0 aliphatic carbocycles. The molecule has 9 nitrogen and oxygen atoms in total. The molecular weight excluding hydrogens is 498 g/mol. The highest BCUT2D eigenvalue weighted by Crippen LogP contribution is 2.18. The zero-order chi connectivity index (χ0) is 28.8. The number of amides is 1. The second-order valence-corrected chi connectivity index (χ2v) is 9.86. The molecule has 2 heterocycles. The van der Waals surface area contributed by atoms with E-state index in [4.69, 9.17) is 9.47 Å². The lowest BCUT2D eigenvalue weighted by Gasteiger charge is -2.19. The topological polar surface area (TPSA) is 125 Å². The molecule has 2 unspecified atom stereocenters. The van der Waals surface area contributed by atoms with E-state index in [1.807, 2.05) is 27.7 Å². The van der Waals surface area contributed by atoms with Crippen molar-refractivity contribution in [1.29, 1.82) is 0 Å². The normalized spacial score (nSPS) is 12.7. The predicted molar refractivity (Wildman–Crippen MR) is 151 cm³/mol. The standard InChI is InChI=1S/C30H41N3O6.H2/c1-6-21(5)29(36)13-15-39-19-24(18-38-14-12-28(35)20(3)4)33-30(37)26-11-9-23(17-32-26)22-8-10-25(31-16-22)27(34)7-2;/h8-11,16-17,20-21,24H,6-7,12-15,18-19H2,1-5H3,(H,33,37);1H. The number of carbonyl (C=O) groups is 4. The highest BCUT2D eigenvalue weighted by Gasteiger charge is 2.18. The quantitative estimate of drug-likeness (QED) is 0.212. The number of nitrogens with one attached hydrogen (secondary N) is 1. The first-order valence-corrected chi connectivity index (χ1v) is 13.6. The SMILES string of the molecule is CCC(=O)c1ccc(-c2ccc(C(=O)NC(COCCC(=O)C(C)C)COCCC(=O)C(C)CC)nc2)cn1.[HH]. The maximum absolute atomic E-state index is 12.9. The number of pyridine rings is 2. The van der Waals surface area contributed by atoms with E-state index in [0.717, 1.165) is 17.5 Å². The molecule has 1 N–H and O–H groups in total. The number of aromatic nitrogens is 2. The van der Waals surface area contributed by atoms with Gasteiger partial charge in [0.2, 0.25) is 0 Å². The Morgan fingerprint density at radius 2 is 1.36 bits per heavy atom. The molecule has 214 valence electrons. The molecule has 2 rings (SSSR count). The van der Waals surface area contributed by atoms with Gasteiger partial charge in [0.05, 0.1) is 32.5 Å². The third-order valence-corrected chi connectivity index (χ3v) is 6.46. The van der Waals surface area contributed by atoms with Crippen molar-refractivity contribution in [2.75, 3.05) is 26.4 Å². The zero-order valence-electron chi connectivity index (χ0n) is 23.7. The zero-order valence-corrected chi connectivity index (χ0v) is 23.7. The van der Waals surface area contributed by atoms with Crippen LogP contribution >= 0.6 is 0 Å². The van der Waals surface area contributed by atoms with Gasteiger partial charge in [-0.1, -0.05) is 46.8 Å². The van der Waals surface area contributed by atoms with Crippen LogP contribution in [0.2, 0.25) is 0 Å². The van der Waals surface area contributed by atoms with Gasteiger partial charge in [-0.3, -0.25) is 29.1 Å². The van der Waals surface area contributed by atoms with Crippen LogP contribution in [0.4, 0.5) is 0 Å². The second kappa shape index (κ2) is 16.6.